The number of piperidine rings is 1. The molecular formula is C18H20Cl2N2O4. The van der Waals surface area contributed by atoms with Crippen molar-refractivity contribution >= 4 is 41.0 Å². The quantitative estimate of drug-likeness (QED) is 0.815. The molecule has 1 unspecified atom stereocenters. The first-order chi connectivity index (χ1) is 12.3. The van der Waals surface area contributed by atoms with Gasteiger partial charge in [0.1, 0.15) is 0 Å². The first kappa shape index (κ1) is 19.0. The van der Waals surface area contributed by atoms with Crippen molar-refractivity contribution in [1.29, 1.82) is 0 Å². The van der Waals surface area contributed by atoms with E-state index >= 15 is 0 Å². The fraction of sp³-hybridized carbons (Fsp3) is 0.500. The predicted octanol–water partition coefficient (Wildman–Crippen LogP) is 2.83. The number of halogens is 2. The van der Waals surface area contributed by atoms with Crippen LogP contribution in [0, 0.1) is 11.8 Å². The second-order valence-electron chi connectivity index (χ2n) is 6.93. The molecule has 1 aliphatic carbocycles. The molecule has 0 aromatic heterocycles. The van der Waals surface area contributed by atoms with E-state index < -0.39 is 5.97 Å². The fourth-order valence-corrected chi connectivity index (χ4v) is 3.74. The summed E-state index contributed by atoms with van der Waals surface area (Å²) >= 11 is 11.9. The van der Waals surface area contributed by atoms with E-state index in [0.29, 0.717) is 48.0 Å². The molecule has 140 valence electrons. The zero-order chi connectivity index (χ0) is 18.8. The Morgan fingerprint density at radius 3 is 2.50 bits per heavy atom. The van der Waals surface area contributed by atoms with Crippen molar-refractivity contribution in [3.63, 3.8) is 0 Å². The molecule has 0 bridgehead atoms. The summed E-state index contributed by atoms with van der Waals surface area (Å²) in [6.45, 7) is 0.938. The summed E-state index contributed by atoms with van der Waals surface area (Å²) in [7, 11) is 0. The number of carboxylic acids is 1. The average Bonchev–Trinajstić information content (AvgIpc) is 2.59. The van der Waals surface area contributed by atoms with Gasteiger partial charge in [0.25, 0.3) is 5.91 Å². The van der Waals surface area contributed by atoms with E-state index in [4.69, 9.17) is 28.3 Å². The molecule has 1 atom stereocenters. The van der Waals surface area contributed by atoms with Crippen molar-refractivity contribution in [2.75, 3.05) is 13.1 Å². The van der Waals surface area contributed by atoms with Gasteiger partial charge >= 0.3 is 5.97 Å². The lowest BCUT2D eigenvalue weighted by Gasteiger charge is -2.36. The Morgan fingerprint density at radius 1 is 1.12 bits per heavy atom. The van der Waals surface area contributed by atoms with Crippen LogP contribution < -0.4 is 5.32 Å². The number of carbonyl (C=O) groups excluding carboxylic acids is 2. The molecule has 1 saturated carbocycles. The summed E-state index contributed by atoms with van der Waals surface area (Å²) in [6, 6.07) is 4.67. The minimum Gasteiger partial charge on any atom is -0.481 e. The van der Waals surface area contributed by atoms with Crippen LogP contribution in [-0.4, -0.2) is 46.9 Å². The third-order valence-electron chi connectivity index (χ3n) is 5.08. The average molecular weight is 399 g/mol. The van der Waals surface area contributed by atoms with Gasteiger partial charge in [-0.05, 0) is 43.9 Å². The number of aliphatic carboxylic acids is 1. The van der Waals surface area contributed by atoms with E-state index in [1.807, 2.05) is 0 Å². The van der Waals surface area contributed by atoms with Crippen LogP contribution in [0.25, 0.3) is 0 Å². The van der Waals surface area contributed by atoms with Crippen LogP contribution in [0.5, 0.6) is 0 Å². The first-order valence-electron chi connectivity index (χ1n) is 8.62. The van der Waals surface area contributed by atoms with Crippen molar-refractivity contribution in [3.8, 4) is 0 Å². The molecule has 1 aromatic rings. The number of benzene rings is 1. The Balaban J connectivity index is 1.56. The normalized spacial score (nSPS) is 25.3. The first-order valence-corrected chi connectivity index (χ1v) is 9.38. The van der Waals surface area contributed by atoms with Gasteiger partial charge in [-0.2, -0.15) is 0 Å². The zero-order valence-corrected chi connectivity index (χ0v) is 15.6. The maximum atomic E-state index is 12.7. The second kappa shape index (κ2) is 7.84. The summed E-state index contributed by atoms with van der Waals surface area (Å²) in [5.41, 5.74) is 0.448. The highest BCUT2D eigenvalue weighted by molar-refractivity contribution is 6.42. The minimum absolute atomic E-state index is 0.0789. The topological polar surface area (TPSA) is 86.7 Å². The maximum Gasteiger partial charge on any atom is 0.306 e. The van der Waals surface area contributed by atoms with Crippen molar-refractivity contribution < 1.29 is 19.5 Å². The number of rotatable bonds is 4. The van der Waals surface area contributed by atoms with E-state index in [1.54, 1.807) is 17.0 Å². The van der Waals surface area contributed by atoms with Crippen LogP contribution in [0.15, 0.2) is 18.2 Å². The van der Waals surface area contributed by atoms with E-state index in [0.717, 1.165) is 6.42 Å². The van der Waals surface area contributed by atoms with E-state index in [2.05, 4.69) is 5.32 Å². The van der Waals surface area contributed by atoms with Crippen molar-refractivity contribution in [1.82, 2.24) is 10.2 Å². The van der Waals surface area contributed by atoms with Crippen LogP contribution in [0.1, 0.15) is 36.0 Å². The molecule has 1 aromatic carbocycles. The van der Waals surface area contributed by atoms with E-state index in [1.165, 1.54) is 6.07 Å². The minimum atomic E-state index is -0.813. The largest absolute Gasteiger partial charge is 0.481 e. The van der Waals surface area contributed by atoms with Crippen molar-refractivity contribution in [2.24, 2.45) is 11.8 Å². The van der Waals surface area contributed by atoms with Crippen LogP contribution >= 0.6 is 23.2 Å². The molecule has 1 heterocycles. The van der Waals surface area contributed by atoms with Gasteiger partial charge < -0.3 is 15.3 Å². The third-order valence-corrected chi connectivity index (χ3v) is 5.82. The number of carbonyl (C=O) groups is 3. The molecule has 2 amide bonds. The third kappa shape index (κ3) is 4.13. The lowest BCUT2D eigenvalue weighted by atomic mass is 9.80. The molecule has 8 heteroatoms. The Hall–Kier alpha value is -1.79. The monoisotopic (exact) mass is 398 g/mol. The Bertz CT molecular complexity index is 734. The molecule has 0 spiro atoms. The van der Waals surface area contributed by atoms with Crippen LogP contribution in [0.3, 0.4) is 0 Å². The van der Waals surface area contributed by atoms with Crippen LogP contribution in [0.2, 0.25) is 10.0 Å². The Kier molecular flexibility index (Phi) is 5.73. The molecule has 0 radical (unpaired) electrons. The standard InChI is InChI=1S/C18H20Cl2N2O4/c19-14-4-3-10(8-15(14)20)17(24)22-5-1-2-11(9-22)16(23)21-13-6-12(7-13)18(25)26/h3-4,8,11-13H,1-2,5-7,9H2,(H,21,23)(H,25,26). The summed E-state index contributed by atoms with van der Waals surface area (Å²) < 4.78 is 0. The number of carboxylic acid groups (broad SMARTS) is 1. The SMILES string of the molecule is O=C(O)C1CC(NC(=O)C2CCCN(C(=O)c3ccc(Cl)c(Cl)c3)C2)C1. The molecule has 26 heavy (non-hydrogen) atoms. The van der Waals surface area contributed by atoms with E-state index in [9.17, 15) is 14.4 Å². The number of likely N-dealkylation sites (tertiary alicyclic amines) is 1. The number of nitrogens with zero attached hydrogens (tertiary/aromatic N) is 1. The summed E-state index contributed by atoms with van der Waals surface area (Å²) in [5.74, 6) is -1.73. The van der Waals surface area contributed by atoms with Gasteiger partial charge in [-0.15, -0.1) is 0 Å². The van der Waals surface area contributed by atoms with Gasteiger partial charge in [0, 0.05) is 24.7 Å². The van der Waals surface area contributed by atoms with Gasteiger partial charge in [-0.25, -0.2) is 0 Å². The number of nitrogens with one attached hydrogen (secondary N) is 1. The summed E-state index contributed by atoms with van der Waals surface area (Å²) in [4.78, 5) is 37.6. The zero-order valence-electron chi connectivity index (χ0n) is 14.1. The molecule has 2 aliphatic rings. The lowest BCUT2D eigenvalue weighted by Crippen LogP contribution is -2.51. The predicted molar refractivity (Wildman–Crippen MR) is 97.4 cm³/mol. The van der Waals surface area contributed by atoms with Gasteiger partial charge in [0.15, 0.2) is 0 Å². The Labute approximate surface area is 161 Å². The van der Waals surface area contributed by atoms with Gasteiger partial charge in [0.05, 0.1) is 21.9 Å². The molecular weight excluding hydrogens is 379 g/mol. The highest BCUT2D eigenvalue weighted by atomic mass is 35.5. The molecule has 2 fully saturated rings. The molecule has 1 aliphatic heterocycles. The van der Waals surface area contributed by atoms with Crippen LogP contribution in [0.4, 0.5) is 0 Å². The highest BCUT2D eigenvalue weighted by Gasteiger charge is 2.37. The number of hydrogen-bond acceptors (Lipinski definition) is 3. The maximum absolute atomic E-state index is 12.7. The highest BCUT2D eigenvalue weighted by Crippen LogP contribution is 2.29. The van der Waals surface area contributed by atoms with Gasteiger partial charge in [0.2, 0.25) is 5.91 Å². The summed E-state index contributed by atoms with van der Waals surface area (Å²) in [5, 5.41) is 12.5. The number of hydrogen-bond donors (Lipinski definition) is 2. The molecule has 1 saturated heterocycles. The fourth-order valence-electron chi connectivity index (χ4n) is 3.44. The van der Waals surface area contributed by atoms with E-state index in [-0.39, 0.29) is 29.7 Å². The van der Waals surface area contributed by atoms with Crippen LogP contribution in [-0.2, 0) is 9.59 Å². The molecule has 6 nitrogen and oxygen atoms in total. The molecule has 3 rings (SSSR count). The van der Waals surface area contributed by atoms with Crippen molar-refractivity contribution in [2.45, 2.75) is 31.7 Å². The van der Waals surface area contributed by atoms with Crippen molar-refractivity contribution in [3.05, 3.63) is 33.8 Å². The smallest absolute Gasteiger partial charge is 0.306 e. The lowest BCUT2D eigenvalue weighted by molar-refractivity contribution is -0.146. The summed E-state index contributed by atoms with van der Waals surface area (Å²) in [6.07, 6.45) is 2.40. The Morgan fingerprint density at radius 2 is 1.85 bits per heavy atom. The number of amides is 2. The molecule has 2 N–H and O–H groups in total. The van der Waals surface area contributed by atoms with Gasteiger partial charge in [-0.1, -0.05) is 23.2 Å². The van der Waals surface area contributed by atoms with Gasteiger partial charge in [-0.3, -0.25) is 14.4 Å². The second-order valence-corrected chi connectivity index (χ2v) is 7.75.